The van der Waals surface area contributed by atoms with Crippen LogP contribution in [0.25, 0.3) is 0 Å². The van der Waals surface area contributed by atoms with Crippen LogP contribution in [-0.2, 0) is 0 Å². The minimum atomic E-state index is -0.0612. The molecule has 0 aliphatic heterocycles. The third-order valence-corrected chi connectivity index (χ3v) is 3.33. The highest BCUT2D eigenvalue weighted by atomic mass is 32.1. The maximum Gasteiger partial charge on any atom is 0.114 e. The van der Waals surface area contributed by atoms with Crippen LogP contribution in [-0.4, -0.2) is 10.5 Å². The molecular weight excluding hydrogens is 250 g/mol. The molecule has 98 valence electrons. The van der Waals surface area contributed by atoms with Gasteiger partial charge in [-0.3, -0.25) is 0 Å². The summed E-state index contributed by atoms with van der Waals surface area (Å²) in [5, 5.41) is 0. The summed E-state index contributed by atoms with van der Waals surface area (Å²) in [4.78, 5) is 3.07. The van der Waals surface area contributed by atoms with Crippen LogP contribution < -0.4 is 4.90 Å². The second kappa shape index (κ2) is 5.54. The fourth-order valence-electron chi connectivity index (χ4n) is 2.10. The van der Waals surface area contributed by atoms with E-state index in [-0.39, 0.29) is 5.54 Å². The molecule has 1 nitrogen and oxygen atoms in total. The van der Waals surface area contributed by atoms with E-state index >= 15 is 0 Å². The van der Waals surface area contributed by atoms with E-state index in [9.17, 15) is 0 Å². The molecule has 0 aliphatic rings. The Morgan fingerprint density at radius 1 is 0.842 bits per heavy atom. The fourth-order valence-corrected chi connectivity index (χ4v) is 2.61. The van der Waals surface area contributed by atoms with Gasteiger partial charge in [0.1, 0.15) is 4.99 Å². The zero-order chi connectivity index (χ0) is 13.9. The first kappa shape index (κ1) is 13.8. The summed E-state index contributed by atoms with van der Waals surface area (Å²) >= 11 is 5.70. The molecule has 2 aromatic rings. The minimum Gasteiger partial charge on any atom is -0.327 e. The predicted octanol–water partition coefficient (Wildman–Crippen LogP) is 4.67. The summed E-state index contributed by atoms with van der Waals surface area (Å²) < 4.78 is 0. The van der Waals surface area contributed by atoms with Gasteiger partial charge in [-0.25, -0.2) is 0 Å². The van der Waals surface area contributed by atoms with Gasteiger partial charge in [-0.1, -0.05) is 60.7 Å². The number of nitrogens with zero attached hydrogens (tertiary/aromatic N) is 1. The van der Waals surface area contributed by atoms with Gasteiger partial charge >= 0.3 is 0 Å². The van der Waals surface area contributed by atoms with E-state index in [0.717, 1.165) is 16.2 Å². The molecule has 0 bridgehead atoms. The lowest BCUT2D eigenvalue weighted by Gasteiger charge is -2.38. The first-order chi connectivity index (χ1) is 9.00. The molecule has 0 amide bonds. The van der Waals surface area contributed by atoms with Crippen LogP contribution in [0.2, 0.25) is 0 Å². The Kier molecular flexibility index (Phi) is 4.01. The second-order valence-electron chi connectivity index (χ2n) is 5.51. The molecule has 0 fully saturated rings. The van der Waals surface area contributed by atoms with Crippen molar-refractivity contribution in [2.75, 3.05) is 4.90 Å². The number of para-hydroxylation sites is 1. The topological polar surface area (TPSA) is 3.24 Å². The number of rotatable bonds is 2. The quantitative estimate of drug-likeness (QED) is 0.729. The van der Waals surface area contributed by atoms with Crippen molar-refractivity contribution < 1.29 is 0 Å². The maximum atomic E-state index is 5.70. The van der Waals surface area contributed by atoms with Crippen molar-refractivity contribution >= 4 is 22.9 Å². The van der Waals surface area contributed by atoms with E-state index in [0.29, 0.717) is 0 Å². The number of hydrogen-bond donors (Lipinski definition) is 0. The lowest BCUT2D eigenvalue weighted by Crippen LogP contribution is -2.45. The monoisotopic (exact) mass is 269 g/mol. The second-order valence-corrected chi connectivity index (χ2v) is 5.90. The lowest BCUT2D eigenvalue weighted by molar-refractivity contribution is 0.574. The Hall–Kier alpha value is -1.67. The molecule has 2 heteroatoms. The van der Waals surface area contributed by atoms with Gasteiger partial charge in [0, 0.05) is 16.8 Å². The summed E-state index contributed by atoms with van der Waals surface area (Å²) in [6.45, 7) is 6.53. The van der Waals surface area contributed by atoms with Crippen molar-refractivity contribution in [3.8, 4) is 0 Å². The highest BCUT2D eigenvalue weighted by Gasteiger charge is 2.25. The Balaban J connectivity index is 2.43. The van der Waals surface area contributed by atoms with E-state index < -0.39 is 0 Å². The predicted molar refractivity (Wildman–Crippen MR) is 86.8 cm³/mol. The molecule has 0 atom stereocenters. The van der Waals surface area contributed by atoms with Crippen molar-refractivity contribution in [2.24, 2.45) is 0 Å². The van der Waals surface area contributed by atoms with E-state index in [1.165, 1.54) is 0 Å². The van der Waals surface area contributed by atoms with Crippen LogP contribution >= 0.6 is 12.2 Å². The van der Waals surface area contributed by atoms with Gasteiger partial charge in [0.05, 0.1) is 0 Å². The first-order valence-corrected chi connectivity index (χ1v) is 6.85. The Labute approximate surface area is 120 Å². The van der Waals surface area contributed by atoms with Gasteiger partial charge in [-0.15, -0.1) is 0 Å². The van der Waals surface area contributed by atoms with Crippen LogP contribution in [0.5, 0.6) is 0 Å². The van der Waals surface area contributed by atoms with Gasteiger partial charge < -0.3 is 4.90 Å². The molecule has 0 spiro atoms. The van der Waals surface area contributed by atoms with Crippen LogP contribution in [0.15, 0.2) is 60.7 Å². The van der Waals surface area contributed by atoms with E-state index in [4.69, 9.17) is 12.2 Å². The number of thiocarbonyl (C=S) groups is 1. The average Bonchev–Trinajstić information content (AvgIpc) is 2.39. The molecule has 0 saturated carbocycles. The van der Waals surface area contributed by atoms with Crippen LogP contribution in [0, 0.1) is 0 Å². The molecule has 2 aromatic carbocycles. The summed E-state index contributed by atoms with van der Waals surface area (Å²) in [5.74, 6) is 0. The van der Waals surface area contributed by atoms with Crippen molar-refractivity contribution in [1.82, 2.24) is 0 Å². The highest BCUT2D eigenvalue weighted by molar-refractivity contribution is 7.81. The van der Waals surface area contributed by atoms with Gasteiger partial charge in [-0.05, 0) is 32.9 Å². The van der Waals surface area contributed by atoms with Gasteiger partial charge in [0.15, 0.2) is 0 Å². The Morgan fingerprint density at radius 3 is 1.79 bits per heavy atom. The third-order valence-electron chi connectivity index (χ3n) is 2.91. The largest absolute Gasteiger partial charge is 0.327 e. The standard InChI is InChI=1S/C17H19NS/c1-17(2,3)18(15-12-8-5-9-13-15)16(19)14-10-6-4-7-11-14/h4-13H,1-3H3. The van der Waals surface area contributed by atoms with Crippen LogP contribution in [0.1, 0.15) is 26.3 Å². The molecule has 0 radical (unpaired) electrons. The molecular formula is C17H19NS. The normalized spacial score (nSPS) is 11.1. The highest BCUT2D eigenvalue weighted by Crippen LogP contribution is 2.26. The molecule has 19 heavy (non-hydrogen) atoms. The van der Waals surface area contributed by atoms with Gasteiger partial charge in [0.25, 0.3) is 0 Å². The molecule has 0 aromatic heterocycles. The van der Waals surface area contributed by atoms with Gasteiger partial charge in [0.2, 0.25) is 0 Å². The van der Waals surface area contributed by atoms with Crippen LogP contribution in [0.3, 0.4) is 0 Å². The Morgan fingerprint density at radius 2 is 1.32 bits per heavy atom. The molecule has 0 unspecified atom stereocenters. The van der Waals surface area contributed by atoms with Crippen molar-refractivity contribution in [3.63, 3.8) is 0 Å². The van der Waals surface area contributed by atoms with E-state index in [1.807, 2.05) is 36.4 Å². The Bertz CT molecular complexity index is 540. The van der Waals surface area contributed by atoms with Crippen molar-refractivity contribution in [3.05, 3.63) is 66.2 Å². The van der Waals surface area contributed by atoms with Crippen molar-refractivity contribution in [2.45, 2.75) is 26.3 Å². The number of benzene rings is 2. The molecule has 0 aliphatic carbocycles. The third kappa shape index (κ3) is 3.21. The lowest BCUT2D eigenvalue weighted by atomic mass is 10.0. The smallest absolute Gasteiger partial charge is 0.114 e. The molecule has 0 heterocycles. The zero-order valence-corrected chi connectivity index (χ0v) is 12.4. The maximum absolute atomic E-state index is 5.70. The van der Waals surface area contributed by atoms with Crippen LogP contribution in [0.4, 0.5) is 5.69 Å². The zero-order valence-electron chi connectivity index (χ0n) is 11.6. The summed E-state index contributed by atoms with van der Waals surface area (Å²) in [5.41, 5.74) is 2.15. The number of hydrogen-bond acceptors (Lipinski definition) is 1. The molecule has 2 rings (SSSR count). The first-order valence-electron chi connectivity index (χ1n) is 6.45. The summed E-state index contributed by atoms with van der Waals surface area (Å²) in [7, 11) is 0. The fraction of sp³-hybridized carbons (Fsp3) is 0.235. The molecule has 0 saturated heterocycles. The molecule has 0 N–H and O–H groups in total. The van der Waals surface area contributed by atoms with E-state index in [2.05, 4.69) is 49.9 Å². The average molecular weight is 269 g/mol. The summed E-state index contributed by atoms with van der Waals surface area (Å²) in [6, 6.07) is 20.5. The van der Waals surface area contributed by atoms with E-state index in [1.54, 1.807) is 0 Å². The number of anilines is 1. The summed E-state index contributed by atoms with van der Waals surface area (Å²) in [6.07, 6.45) is 0. The van der Waals surface area contributed by atoms with Gasteiger partial charge in [-0.2, -0.15) is 0 Å². The van der Waals surface area contributed by atoms with Crippen molar-refractivity contribution in [1.29, 1.82) is 0 Å². The minimum absolute atomic E-state index is 0.0612. The SMILES string of the molecule is CC(C)(C)N(C(=S)c1ccccc1)c1ccccc1.